The summed E-state index contributed by atoms with van der Waals surface area (Å²) in [4.78, 5) is 0. The minimum absolute atomic E-state index is 0.444. The number of rotatable bonds is 2. The van der Waals surface area contributed by atoms with E-state index in [0.29, 0.717) is 6.04 Å². The van der Waals surface area contributed by atoms with E-state index >= 15 is 0 Å². The maximum absolute atomic E-state index is 5.76. The number of nitrogens with one attached hydrogen (secondary N) is 1. The molecule has 0 unspecified atom stereocenters. The van der Waals surface area contributed by atoms with Crippen LogP contribution in [0, 0.1) is 5.92 Å². The van der Waals surface area contributed by atoms with Gasteiger partial charge in [0.1, 0.15) is 11.5 Å². The lowest BCUT2D eigenvalue weighted by molar-refractivity contribution is 0.285. The van der Waals surface area contributed by atoms with Crippen molar-refractivity contribution in [3.05, 3.63) is 23.7 Å². The van der Waals surface area contributed by atoms with Gasteiger partial charge in [-0.15, -0.1) is 0 Å². The first kappa shape index (κ1) is 9.78. The zero-order chi connectivity index (χ0) is 9.97. The van der Waals surface area contributed by atoms with Crippen molar-refractivity contribution in [2.45, 2.75) is 39.2 Å². The monoisotopic (exact) mass is 193 g/mol. The Hall–Kier alpha value is -0.760. The number of furan rings is 1. The average Bonchev–Trinajstić information content (AvgIpc) is 2.66. The maximum Gasteiger partial charge on any atom is 0.121 e. The van der Waals surface area contributed by atoms with Crippen molar-refractivity contribution in [3.63, 3.8) is 0 Å². The predicted molar refractivity (Wildman–Crippen MR) is 57.2 cm³/mol. The molecular formula is C12H19NO. The summed E-state index contributed by atoms with van der Waals surface area (Å²) in [6.07, 6.45) is 3.48. The van der Waals surface area contributed by atoms with E-state index in [0.717, 1.165) is 30.4 Å². The van der Waals surface area contributed by atoms with E-state index < -0.39 is 0 Å². The zero-order valence-electron chi connectivity index (χ0n) is 9.05. The third kappa shape index (κ3) is 2.01. The second kappa shape index (κ2) is 4.18. The van der Waals surface area contributed by atoms with Gasteiger partial charge >= 0.3 is 0 Å². The zero-order valence-corrected chi connectivity index (χ0v) is 9.05. The Labute approximate surface area is 85.7 Å². The molecule has 1 aromatic heterocycles. The summed E-state index contributed by atoms with van der Waals surface area (Å²) < 4.78 is 5.76. The summed E-state index contributed by atoms with van der Waals surface area (Å²) in [7, 11) is 0. The Morgan fingerprint density at radius 2 is 2.36 bits per heavy atom. The fourth-order valence-corrected chi connectivity index (χ4v) is 2.10. The van der Waals surface area contributed by atoms with Crippen LogP contribution >= 0.6 is 0 Å². The Balaban J connectivity index is 2.06. The normalized spacial score (nSPS) is 27.9. The maximum atomic E-state index is 5.76. The van der Waals surface area contributed by atoms with E-state index in [-0.39, 0.29) is 0 Å². The van der Waals surface area contributed by atoms with Crippen LogP contribution in [0.15, 0.2) is 16.5 Å². The summed E-state index contributed by atoms with van der Waals surface area (Å²) in [6, 6.07) is 4.66. The molecule has 2 nitrogen and oxygen atoms in total. The van der Waals surface area contributed by atoms with E-state index in [1.807, 2.05) is 0 Å². The van der Waals surface area contributed by atoms with Crippen LogP contribution in [-0.4, -0.2) is 6.54 Å². The van der Waals surface area contributed by atoms with Crippen molar-refractivity contribution in [2.75, 3.05) is 6.54 Å². The molecule has 1 aliphatic heterocycles. The van der Waals surface area contributed by atoms with E-state index in [4.69, 9.17) is 4.42 Å². The quantitative estimate of drug-likeness (QED) is 0.781. The first-order chi connectivity index (χ1) is 6.79. The number of piperidine rings is 1. The molecule has 0 saturated carbocycles. The number of hydrogen-bond donors (Lipinski definition) is 1. The molecular weight excluding hydrogens is 174 g/mol. The molecule has 0 radical (unpaired) electrons. The number of hydrogen-bond acceptors (Lipinski definition) is 2. The van der Waals surface area contributed by atoms with Gasteiger partial charge in [0, 0.05) is 6.42 Å². The van der Waals surface area contributed by atoms with Crippen LogP contribution in [0.1, 0.15) is 44.3 Å². The van der Waals surface area contributed by atoms with E-state index in [1.165, 1.54) is 12.8 Å². The molecule has 14 heavy (non-hydrogen) atoms. The predicted octanol–water partition coefficient (Wildman–Crippen LogP) is 2.90. The molecule has 2 rings (SSSR count). The smallest absolute Gasteiger partial charge is 0.121 e. The molecule has 1 N–H and O–H groups in total. The van der Waals surface area contributed by atoms with Crippen molar-refractivity contribution in [1.29, 1.82) is 0 Å². The van der Waals surface area contributed by atoms with Gasteiger partial charge in [0.2, 0.25) is 0 Å². The van der Waals surface area contributed by atoms with Crippen LogP contribution in [0.3, 0.4) is 0 Å². The highest BCUT2D eigenvalue weighted by Gasteiger charge is 2.21. The Kier molecular flexibility index (Phi) is 2.92. The lowest BCUT2D eigenvalue weighted by Crippen LogP contribution is -2.30. The Morgan fingerprint density at radius 1 is 1.50 bits per heavy atom. The van der Waals surface area contributed by atoms with Crippen molar-refractivity contribution in [1.82, 2.24) is 5.32 Å². The van der Waals surface area contributed by atoms with Crippen molar-refractivity contribution in [3.8, 4) is 0 Å². The van der Waals surface area contributed by atoms with Gasteiger partial charge in [0.25, 0.3) is 0 Å². The molecule has 1 aromatic rings. The lowest BCUT2D eigenvalue weighted by atomic mass is 9.93. The van der Waals surface area contributed by atoms with Crippen LogP contribution in [0.25, 0.3) is 0 Å². The van der Waals surface area contributed by atoms with Gasteiger partial charge in [-0.25, -0.2) is 0 Å². The van der Waals surface area contributed by atoms with Crippen LogP contribution in [0.5, 0.6) is 0 Å². The molecule has 1 fully saturated rings. The van der Waals surface area contributed by atoms with E-state index in [2.05, 4.69) is 31.3 Å². The lowest BCUT2D eigenvalue weighted by Gasteiger charge is -2.26. The SMILES string of the molecule is CCc1ccc([C@@H]2C[C@H](C)CCN2)o1. The van der Waals surface area contributed by atoms with Gasteiger partial charge in [0.05, 0.1) is 6.04 Å². The largest absolute Gasteiger partial charge is 0.464 e. The molecule has 2 heterocycles. The highest BCUT2D eigenvalue weighted by Crippen LogP contribution is 2.28. The third-order valence-electron chi connectivity index (χ3n) is 3.04. The topological polar surface area (TPSA) is 25.2 Å². The molecule has 1 aliphatic rings. The van der Waals surface area contributed by atoms with Gasteiger partial charge < -0.3 is 9.73 Å². The van der Waals surface area contributed by atoms with Crippen LogP contribution in [0.2, 0.25) is 0 Å². The first-order valence-corrected chi connectivity index (χ1v) is 5.61. The van der Waals surface area contributed by atoms with Crippen LogP contribution < -0.4 is 5.32 Å². The summed E-state index contributed by atoms with van der Waals surface area (Å²) in [5, 5.41) is 3.51. The average molecular weight is 193 g/mol. The highest BCUT2D eigenvalue weighted by atomic mass is 16.3. The van der Waals surface area contributed by atoms with Crippen LogP contribution in [0.4, 0.5) is 0 Å². The minimum Gasteiger partial charge on any atom is -0.464 e. The molecule has 2 atom stereocenters. The molecule has 2 heteroatoms. The summed E-state index contributed by atoms with van der Waals surface area (Å²) in [5.41, 5.74) is 0. The number of aryl methyl sites for hydroxylation is 1. The first-order valence-electron chi connectivity index (χ1n) is 5.61. The molecule has 0 spiro atoms. The summed E-state index contributed by atoms with van der Waals surface area (Å²) in [6.45, 7) is 5.56. The van der Waals surface area contributed by atoms with Gasteiger partial charge in [-0.3, -0.25) is 0 Å². The fraction of sp³-hybridized carbons (Fsp3) is 0.667. The van der Waals surface area contributed by atoms with Gasteiger partial charge in [-0.05, 0) is 37.4 Å². The Bertz CT molecular complexity index is 292. The molecule has 0 aliphatic carbocycles. The van der Waals surface area contributed by atoms with Crippen molar-refractivity contribution in [2.24, 2.45) is 5.92 Å². The van der Waals surface area contributed by atoms with Gasteiger partial charge in [-0.2, -0.15) is 0 Å². The molecule has 0 bridgehead atoms. The molecule has 0 amide bonds. The minimum atomic E-state index is 0.444. The summed E-state index contributed by atoms with van der Waals surface area (Å²) in [5.74, 6) is 3.03. The second-order valence-electron chi connectivity index (χ2n) is 4.29. The molecule has 78 valence electrons. The standard InChI is InChI=1S/C12H19NO/c1-3-10-4-5-12(14-10)11-8-9(2)6-7-13-11/h4-5,9,11,13H,3,6-8H2,1-2H3/t9-,11+/m1/s1. The van der Waals surface area contributed by atoms with Crippen LogP contribution in [-0.2, 0) is 6.42 Å². The molecule has 0 aromatic carbocycles. The van der Waals surface area contributed by atoms with E-state index in [1.54, 1.807) is 0 Å². The fourth-order valence-electron chi connectivity index (χ4n) is 2.10. The van der Waals surface area contributed by atoms with E-state index in [9.17, 15) is 0 Å². The highest BCUT2D eigenvalue weighted by molar-refractivity contribution is 5.11. The van der Waals surface area contributed by atoms with Crippen molar-refractivity contribution < 1.29 is 4.42 Å². The second-order valence-corrected chi connectivity index (χ2v) is 4.29. The van der Waals surface area contributed by atoms with Gasteiger partial charge in [-0.1, -0.05) is 13.8 Å². The van der Waals surface area contributed by atoms with Gasteiger partial charge in [0.15, 0.2) is 0 Å². The molecule has 1 saturated heterocycles. The third-order valence-corrected chi connectivity index (χ3v) is 3.04. The van der Waals surface area contributed by atoms with Crippen molar-refractivity contribution >= 4 is 0 Å². The summed E-state index contributed by atoms with van der Waals surface area (Å²) >= 11 is 0. The Morgan fingerprint density at radius 3 is 3.00 bits per heavy atom.